The van der Waals surface area contributed by atoms with Gasteiger partial charge in [0.25, 0.3) is 0 Å². The fourth-order valence-corrected chi connectivity index (χ4v) is 5.51. The van der Waals surface area contributed by atoms with Crippen molar-refractivity contribution in [3.05, 3.63) is 57.6 Å². The molecule has 2 N–H and O–H groups in total. The van der Waals surface area contributed by atoms with E-state index in [4.69, 9.17) is 0 Å². The average Bonchev–Trinajstić information content (AvgIpc) is 2.74. The Hall–Kier alpha value is -1.96. The highest BCUT2D eigenvalue weighted by Crippen LogP contribution is 2.42. The maximum absolute atomic E-state index is 10.8. The molecule has 0 saturated heterocycles. The van der Waals surface area contributed by atoms with Crippen molar-refractivity contribution in [1.82, 2.24) is 0 Å². The smallest absolute Gasteiger partial charge is 0.119 e. The van der Waals surface area contributed by atoms with Crippen LogP contribution in [0.2, 0.25) is 0 Å². The second kappa shape index (κ2) is 13.0. The first kappa shape index (κ1) is 30.3. The zero-order valence-corrected chi connectivity index (χ0v) is 24.9. The summed E-state index contributed by atoms with van der Waals surface area (Å²) in [5.41, 5.74) is 6.67. The van der Waals surface area contributed by atoms with E-state index in [1.807, 2.05) is 12.1 Å². The topological polar surface area (TPSA) is 40.5 Å². The second-order valence-electron chi connectivity index (χ2n) is 13.1. The Morgan fingerprint density at radius 2 is 0.944 bits per heavy atom. The molecule has 2 rings (SSSR count). The number of phenolic OH excluding ortho intramolecular Hbond substituents is 2. The zero-order valence-electron chi connectivity index (χ0n) is 24.9. The summed E-state index contributed by atoms with van der Waals surface area (Å²) in [4.78, 5) is 0. The highest BCUT2D eigenvalue weighted by atomic mass is 16.3. The van der Waals surface area contributed by atoms with Crippen molar-refractivity contribution in [2.75, 3.05) is 0 Å². The average molecular weight is 495 g/mol. The van der Waals surface area contributed by atoms with Gasteiger partial charge in [0.1, 0.15) is 11.5 Å². The number of phenols is 2. The summed E-state index contributed by atoms with van der Waals surface area (Å²) in [5.74, 6) is 1.03. The summed E-state index contributed by atoms with van der Waals surface area (Å²) in [6.45, 7) is 19.5. The van der Waals surface area contributed by atoms with Gasteiger partial charge in [-0.1, -0.05) is 118 Å². The van der Waals surface area contributed by atoms with E-state index in [1.54, 1.807) is 0 Å². The van der Waals surface area contributed by atoms with Crippen LogP contribution < -0.4 is 0 Å². The second-order valence-corrected chi connectivity index (χ2v) is 13.1. The van der Waals surface area contributed by atoms with E-state index in [0.717, 1.165) is 28.7 Å². The van der Waals surface area contributed by atoms with E-state index in [-0.39, 0.29) is 16.7 Å². The fraction of sp³-hybridized carbons (Fsp3) is 0.647. The van der Waals surface area contributed by atoms with Crippen LogP contribution in [-0.2, 0) is 10.8 Å². The lowest BCUT2D eigenvalue weighted by atomic mass is 9.76. The maximum Gasteiger partial charge on any atom is 0.119 e. The molecule has 0 heterocycles. The highest BCUT2D eigenvalue weighted by molar-refractivity contribution is 5.52. The Labute approximate surface area is 222 Å². The molecule has 0 bridgehead atoms. The van der Waals surface area contributed by atoms with Crippen molar-refractivity contribution >= 4 is 0 Å². The molecule has 0 saturated carbocycles. The van der Waals surface area contributed by atoms with E-state index in [9.17, 15) is 10.2 Å². The lowest BCUT2D eigenvalue weighted by molar-refractivity contribution is 0.444. The molecular weight excluding hydrogens is 440 g/mol. The van der Waals surface area contributed by atoms with Gasteiger partial charge in [-0.25, -0.2) is 0 Å². The number of benzene rings is 2. The number of aryl methyl sites for hydroxylation is 2. The minimum absolute atomic E-state index is 0.130. The molecule has 2 aromatic rings. The van der Waals surface area contributed by atoms with Gasteiger partial charge < -0.3 is 10.2 Å². The summed E-state index contributed by atoms with van der Waals surface area (Å²) < 4.78 is 0. The number of hydrogen-bond acceptors (Lipinski definition) is 2. The first-order chi connectivity index (χ1) is 16.8. The van der Waals surface area contributed by atoms with E-state index in [1.165, 1.54) is 68.9 Å². The van der Waals surface area contributed by atoms with Gasteiger partial charge in [0.05, 0.1) is 0 Å². The van der Waals surface area contributed by atoms with E-state index in [0.29, 0.717) is 11.5 Å². The van der Waals surface area contributed by atoms with Gasteiger partial charge in [-0.2, -0.15) is 0 Å². The van der Waals surface area contributed by atoms with Crippen molar-refractivity contribution in [3.8, 4) is 11.5 Å². The molecule has 0 unspecified atom stereocenters. The molecular formula is C34H54O2. The molecule has 36 heavy (non-hydrogen) atoms. The standard InChI is InChI=1S/C34H54O2/c1-10-11-12-13-14-15-16-17-18-19-26(27-22-29(33(4,5)6)31(35)20-24(27)2)28-23-30(34(7,8)9)32(36)21-25(28)3/h20-23,26,35-36H,10-19H2,1-9H3. The van der Waals surface area contributed by atoms with Crippen molar-refractivity contribution in [2.24, 2.45) is 0 Å². The fourth-order valence-electron chi connectivity index (χ4n) is 5.51. The molecule has 0 fully saturated rings. The zero-order chi connectivity index (χ0) is 27.1. The van der Waals surface area contributed by atoms with Gasteiger partial charge in [0.15, 0.2) is 0 Å². The van der Waals surface area contributed by atoms with Crippen LogP contribution in [0, 0.1) is 13.8 Å². The minimum Gasteiger partial charge on any atom is -0.508 e. The van der Waals surface area contributed by atoms with Crippen LogP contribution in [0.25, 0.3) is 0 Å². The van der Waals surface area contributed by atoms with Crippen LogP contribution in [0.5, 0.6) is 11.5 Å². The molecule has 0 aromatic heterocycles. The number of hydrogen-bond donors (Lipinski definition) is 2. The Kier molecular flexibility index (Phi) is 10.9. The number of rotatable bonds is 12. The first-order valence-corrected chi connectivity index (χ1v) is 14.4. The molecule has 2 nitrogen and oxygen atoms in total. The number of unbranched alkanes of at least 4 members (excludes halogenated alkanes) is 8. The third-order valence-corrected chi connectivity index (χ3v) is 7.73. The lowest BCUT2D eigenvalue weighted by Crippen LogP contribution is -2.16. The Balaban J connectivity index is 2.38. The predicted molar refractivity (Wildman–Crippen MR) is 157 cm³/mol. The van der Waals surface area contributed by atoms with E-state index in [2.05, 4.69) is 74.4 Å². The number of aromatic hydroxyl groups is 2. The summed E-state index contributed by atoms with van der Waals surface area (Å²) in [7, 11) is 0. The quantitative estimate of drug-likeness (QED) is 0.288. The van der Waals surface area contributed by atoms with E-state index < -0.39 is 0 Å². The summed E-state index contributed by atoms with van der Waals surface area (Å²) in [5, 5.41) is 21.5. The molecule has 202 valence electrons. The molecule has 0 radical (unpaired) electrons. The molecule has 2 aromatic carbocycles. The summed E-state index contributed by atoms with van der Waals surface area (Å²) in [6.07, 6.45) is 13.0. The summed E-state index contributed by atoms with van der Waals surface area (Å²) >= 11 is 0. The monoisotopic (exact) mass is 494 g/mol. The molecule has 0 amide bonds. The highest BCUT2D eigenvalue weighted by Gasteiger charge is 2.27. The molecule has 0 atom stereocenters. The van der Waals surface area contributed by atoms with Gasteiger partial charge in [0, 0.05) is 5.92 Å². The molecule has 0 aliphatic heterocycles. The maximum atomic E-state index is 10.8. The SMILES string of the molecule is CCCCCCCCCCCC(c1cc(C(C)(C)C)c(O)cc1C)c1cc(C(C)(C)C)c(O)cc1C. The van der Waals surface area contributed by atoms with Gasteiger partial charge in [-0.3, -0.25) is 0 Å². The molecule has 2 heteroatoms. The van der Waals surface area contributed by atoms with Crippen molar-refractivity contribution < 1.29 is 10.2 Å². The van der Waals surface area contributed by atoms with Crippen LogP contribution >= 0.6 is 0 Å². The Morgan fingerprint density at radius 1 is 0.583 bits per heavy atom. The lowest BCUT2D eigenvalue weighted by Gasteiger charge is -2.29. The van der Waals surface area contributed by atoms with Crippen LogP contribution in [0.1, 0.15) is 152 Å². The van der Waals surface area contributed by atoms with Gasteiger partial charge in [-0.05, 0) is 76.6 Å². The van der Waals surface area contributed by atoms with Crippen molar-refractivity contribution in [2.45, 2.75) is 143 Å². The van der Waals surface area contributed by atoms with Crippen molar-refractivity contribution in [3.63, 3.8) is 0 Å². The van der Waals surface area contributed by atoms with Gasteiger partial charge >= 0.3 is 0 Å². The van der Waals surface area contributed by atoms with E-state index >= 15 is 0 Å². The Bertz CT molecular complexity index is 903. The van der Waals surface area contributed by atoms with Crippen LogP contribution in [-0.4, -0.2) is 10.2 Å². The normalized spacial score (nSPS) is 12.5. The predicted octanol–water partition coefficient (Wildman–Crippen LogP) is 10.4. The van der Waals surface area contributed by atoms with Gasteiger partial charge in [0.2, 0.25) is 0 Å². The van der Waals surface area contributed by atoms with Crippen LogP contribution in [0.4, 0.5) is 0 Å². The van der Waals surface area contributed by atoms with Crippen LogP contribution in [0.15, 0.2) is 24.3 Å². The molecule has 0 aliphatic carbocycles. The first-order valence-electron chi connectivity index (χ1n) is 14.4. The van der Waals surface area contributed by atoms with Crippen molar-refractivity contribution in [1.29, 1.82) is 0 Å². The molecule has 0 aliphatic rings. The third-order valence-electron chi connectivity index (χ3n) is 7.73. The summed E-state index contributed by atoms with van der Waals surface area (Å²) in [6, 6.07) is 8.43. The molecule has 0 spiro atoms. The van der Waals surface area contributed by atoms with Gasteiger partial charge in [-0.15, -0.1) is 0 Å². The largest absolute Gasteiger partial charge is 0.508 e. The third kappa shape index (κ3) is 8.29. The minimum atomic E-state index is -0.130. The van der Waals surface area contributed by atoms with Crippen LogP contribution in [0.3, 0.4) is 0 Å². The Morgan fingerprint density at radius 3 is 1.31 bits per heavy atom.